The molecule has 0 aliphatic heterocycles. The Balaban J connectivity index is 1.91. The van der Waals surface area contributed by atoms with E-state index in [4.69, 9.17) is 4.74 Å². The quantitative estimate of drug-likeness (QED) is 0.530. The number of benzene rings is 2. The average molecular weight is 439 g/mol. The van der Waals surface area contributed by atoms with Crippen LogP contribution < -0.4 is 15.4 Å². The van der Waals surface area contributed by atoms with Gasteiger partial charge in [-0.1, -0.05) is 15.9 Å². The molecule has 0 amide bonds. The molecule has 0 atom stereocenters. The van der Waals surface area contributed by atoms with E-state index in [0.29, 0.717) is 17.1 Å². The largest absolute Gasteiger partial charge is 0.497 e. The maximum atomic E-state index is 13.3. The lowest BCUT2D eigenvalue weighted by Gasteiger charge is -2.15. The van der Waals surface area contributed by atoms with Gasteiger partial charge < -0.3 is 15.4 Å². The van der Waals surface area contributed by atoms with Crippen LogP contribution in [0.25, 0.3) is 0 Å². The molecule has 9 heteroatoms. The molecule has 1 aromatic heterocycles. The molecule has 5 nitrogen and oxygen atoms in total. The molecule has 0 unspecified atom stereocenters. The van der Waals surface area contributed by atoms with Crippen LogP contribution in [0.5, 0.6) is 5.75 Å². The first kappa shape index (κ1) is 19.0. The van der Waals surface area contributed by atoms with Gasteiger partial charge in [-0.3, -0.25) is 0 Å². The Morgan fingerprint density at radius 1 is 0.926 bits per heavy atom. The molecule has 0 bridgehead atoms. The predicted molar refractivity (Wildman–Crippen MR) is 101 cm³/mol. The van der Waals surface area contributed by atoms with Crippen LogP contribution in [0.4, 0.5) is 36.3 Å². The van der Waals surface area contributed by atoms with E-state index >= 15 is 0 Å². The Morgan fingerprint density at radius 2 is 1.52 bits per heavy atom. The standard InChI is InChI=1S/C18H14BrF3N4O/c1-27-14-8-6-12(7-9-14)24-16-15(18(20,21)22)10-23-17(26-16)25-13-4-2-11(19)3-5-13/h2-10H,1H3,(H2,23,24,25,26). The molecule has 0 fully saturated rings. The number of hydrogen-bond donors (Lipinski definition) is 2. The van der Waals surface area contributed by atoms with Gasteiger partial charge in [0, 0.05) is 22.0 Å². The van der Waals surface area contributed by atoms with Gasteiger partial charge in [0.25, 0.3) is 0 Å². The number of nitrogens with one attached hydrogen (secondary N) is 2. The van der Waals surface area contributed by atoms with Crippen molar-refractivity contribution in [1.82, 2.24) is 9.97 Å². The topological polar surface area (TPSA) is 59.1 Å². The fraction of sp³-hybridized carbons (Fsp3) is 0.111. The van der Waals surface area contributed by atoms with Gasteiger partial charge in [-0.05, 0) is 48.5 Å². The number of aromatic nitrogens is 2. The second-order valence-electron chi connectivity index (χ2n) is 5.44. The first-order valence-corrected chi connectivity index (χ1v) is 8.52. The fourth-order valence-electron chi connectivity index (χ4n) is 2.22. The van der Waals surface area contributed by atoms with Crippen LogP contribution in [0.2, 0.25) is 0 Å². The van der Waals surface area contributed by atoms with Gasteiger partial charge in [-0.2, -0.15) is 18.2 Å². The third-order valence-electron chi connectivity index (χ3n) is 3.55. The van der Waals surface area contributed by atoms with E-state index < -0.39 is 11.7 Å². The summed E-state index contributed by atoms with van der Waals surface area (Å²) in [5.74, 6) is 0.292. The van der Waals surface area contributed by atoms with Crippen molar-refractivity contribution in [2.75, 3.05) is 17.7 Å². The van der Waals surface area contributed by atoms with Gasteiger partial charge >= 0.3 is 6.18 Å². The van der Waals surface area contributed by atoms with Crippen molar-refractivity contribution in [2.45, 2.75) is 6.18 Å². The van der Waals surface area contributed by atoms with E-state index in [-0.39, 0.29) is 11.8 Å². The molecule has 2 aromatic carbocycles. The third-order valence-corrected chi connectivity index (χ3v) is 4.08. The predicted octanol–water partition coefficient (Wildman–Crippen LogP) is 5.75. The van der Waals surface area contributed by atoms with Crippen molar-refractivity contribution >= 4 is 39.1 Å². The van der Waals surface area contributed by atoms with Crippen LogP contribution in [0, 0.1) is 0 Å². The number of methoxy groups -OCH3 is 1. The summed E-state index contributed by atoms with van der Waals surface area (Å²) in [7, 11) is 1.51. The molecule has 0 saturated heterocycles. The van der Waals surface area contributed by atoms with Crippen molar-refractivity contribution in [3.63, 3.8) is 0 Å². The molecule has 1 heterocycles. The minimum absolute atomic E-state index is 0.0429. The van der Waals surface area contributed by atoms with Crippen LogP contribution in [0.1, 0.15) is 5.56 Å². The zero-order chi connectivity index (χ0) is 19.4. The summed E-state index contributed by atoms with van der Waals surface area (Å²) in [5.41, 5.74) is 0.127. The van der Waals surface area contributed by atoms with Crippen molar-refractivity contribution in [3.05, 3.63) is 64.8 Å². The zero-order valence-electron chi connectivity index (χ0n) is 14.0. The third kappa shape index (κ3) is 4.88. The van der Waals surface area contributed by atoms with Gasteiger partial charge in [0.1, 0.15) is 17.1 Å². The highest BCUT2D eigenvalue weighted by Gasteiger charge is 2.35. The second-order valence-corrected chi connectivity index (χ2v) is 6.35. The molecule has 27 heavy (non-hydrogen) atoms. The molecule has 0 aliphatic rings. The van der Waals surface area contributed by atoms with Crippen molar-refractivity contribution in [3.8, 4) is 5.75 Å². The molecule has 0 saturated carbocycles. The monoisotopic (exact) mass is 438 g/mol. The highest BCUT2D eigenvalue weighted by Crippen LogP contribution is 2.35. The average Bonchev–Trinajstić information content (AvgIpc) is 2.63. The fourth-order valence-corrected chi connectivity index (χ4v) is 2.48. The van der Waals surface area contributed by atoms with Gasteiger partial charge in [0.05, 0.1) is 7.11 Å². The van der Waals surface area contributed by atoms with Crippen LogP contribution in [0.15, 0.2) is 59.2 Å². The molecule has 0 spiro atoms. The number of ether oxygens (including phenoxy) is 1. The van der Waals surface area contributed by atoms with E-state index in [1.54, 1.807) is 48.5 Å². The summed E-state index contributed by atoms with van der Waals surface area (Å²) >= 11 is 3.32. The Morgan fingerprint density at radius 3 is 2.11 bits per heavy atom. The number of halogens is 4. The maximum absolute atomic E-state index is 13.3. The normalized spacial score (nSPS) is 11.1. The van der Waals surface area contributed by atoms with Gasteiger partial charge in [-0.15, -0.1) is 0 Å². The van der Waals surface area contributed by atoms with E-state index in [1.807, 2.05) is 0 Å². The van der Waals surface area contributed by atoms with E-state index in [1.165, 1.54) is 7.11 Å². The second kappa shape index (κ2) is 7.83. The van der Waals surface area contributed by atoms with Crippen LogP contribution >= 0.6 is 15.9 Å². The summed E-state index contributed by atoms with van der Waals surface area (Å²) in [6.07, 6.45) is -3.84. The first-order valence-electron chi connectivity index (χ1n) is 7.73. The number of rotatable bonds is 5. The molecule has 3 rings (SSSR count). The SMILES string of the molecule is COc1ccc(Nc2nc(Nc3ccc(Br)cc3)ncc2C(F)(F)F)cc1. The summed E-state index contributed by atoms with van der Waals surface area (Å²) in [4.78, 5) is 7.78. The molecular formula is C18H14BrF3N4O. The number of hydrogen-bond acceptors (Lipinski definition) is 5. The van der Waals surface area contributed by atoms with Crippen molar-refractivity contribution in [1.29, 1.82) is 0 Å². The van der Waals surface area contributed by atoms with Crippen molar-refractivity contribution < 1.29 is 17.9 Å². The molecule has 2 N–H and O–H groups in total. The Labute approximate surface area is 161 Å². The zero-order valence-corrected chi connectivity index (χ0v) is 15.6. The van der Waals surface area contributed by atoms with E-state index in [0.717, 1.165) is 10.7 Å². The summed E-state index contributed by atoms with van der Waals surface area (Å²) < 4.78 is 45.8. The van der Waals surface area contributed by atoms with Gasteiger partial charge in [0.15, 0.2) is 0 Å². The lowest BCUT2D eigenvalue weighted by Crippen LogP contribution is -2.12. The number of anilines is 4. The highest BCUT2D eigenvalue weighted by atomic mass is 79.9. The molecule has 0 radical (unpaired) electrons. The minimum Gasteiger partial charge on any atom is -0.497 e. The Hall–Kier alpha value is -2.81. The Bertz CT molecular complexity index is 915. The lowest BCUT2D eigenvalue weighted by molar-refractivity contribution is -0.137. The summed E-state index contributed by atoms with van der Waals surface area (Å²) in [6, 6.07) is 13.6. The van der Waals surface area contributed by atoms with E-state index in [2.05, 4.69) is 36.5 Å². The minimum atomic E-state index is -4.59. The Kier molecular flexibility index (Phi) is 5.50. The first-order chi connectivity index (χ1) is 12.8. The van der Waals surface area contributed by atoms with E-state index in [9.17, 15) is 13.2 Å². The number of alkyl halides is 3. The molecule has 140 valence electrons. The van der Waals surface area contributed by atoms with Crippen LogP contribution in [-0.4, -0.2) is 17.1 Å². The van der Waals surface area contributed by atoms with Gasteiger partial charge in [-0.25, -0.2) is 4.98 Å². The summed E-state index contributed by atoms with van der Waals surface area (Å²) in [5, 5.41) is 5.58. The van der Waals surface area contributed by atoms with Crippen LogP contribution in [-0.2, 0) is 6.18 Å². The molecule has 3 aromatic rings. The molecular weight excluding hydrogens is 425 g/mol. The summed E-state index contributed by atoms with van der Waals surface area (Å²) in [6.45, 7) is 0. The lowest BCUT2D eigenvalue weighted by atomic mass is 10.2. The van der Waals surface area contributed by atoms with Crippen molar-refractivity contribution in [2.24, 2.45) is 0 Å². The maximum Gasteiger partial charge on any atom is 0.421 e. The van der Waals surface area contributed by atoms with Gasteiger partial charge in [0.2, 0.25) is 5.95 Å². The molecule has 0 aliphatic carbocycles. The smallest absolute Gasteiger partial charge is 0.421 e. The van der Waals surface area contributed by atoms with Crippen LogP contribution in [0.3, 0.4) is 0 Å². The highest BCUT2D eigenvalue weighted by molar-refractivity contribution is 9.10. The number of nitrogens with zero attached hydrogens (tertiary/aromatic N) is 2.